The second-order valence-electron chi connectivity index (χ2n) is 8.30. The Morgan fingerprint density at radius 3 is 2.62 bits per heavy atom. The lowest BCUT2D eigenvalue weighted by atomic mass is 9.95. The van der Waals surface area contributed by atoms with Gasteiger partial charge < -0.3 is 9.64 Å². The molecule has 1 saturated carbocycles. The van der Waals surface area contributed by atoms with Crippen molar-refractivity contribution >= 4 is 5.69 Å². The van der Waals surface area contributed by atoms with E-state index in [0.29, 0.717) is 12.1 Å². The third kappa shape index (κ3) is 4.55. The van der Waals surface area contributed by atoms with Gasteiger partial charge in [-0.1, -0.05) is 38.7 Å². The first-order chi connectivity index (χ1) is 14.3. The van der Waals surface area contributed by atoms with E-state index in [4.69, 9.17) is 4.74 Å². The summed E-state index contributed by atoms with van der Waals surface area (Å²) < 4.78 is 7.56. The molecule has 1 aromatic heterocycles. The van der Waals surface area contributed by atoms with Crippen LogP contribution in [0.15, 0.2) is 24.3 Å². The van der Waals surface area contributed by atoms with Crippen LogP contribution in [0.2, 0.25) is 0 Å². The predicted molar refractivity (Wildman–Crippen MR) is 114 cm³/mol. The van der Waals surface area contributed by atoms with Crippen LogP contribution in [-0.2, 0) is 0 Å². The van der Waals surface area contributed by atoms with Crippen molar-refractivity contribution in [3.05, 3.63) is 30.1 Å². The maximum Gasteiger partial charge on any atom is 0.168 e. The van der Waals surface area contributed by atoms with Gasteiger partial charge in [-0.3, -0.25) is 4.90 Å². The first-order valence-corrected chi connectivity index (χ1v) is 11.2. The Morgan fingerprint density at radius 1 is 1.10 bits per heavy atom. The SMILES string of the molecule is CCC[C@H](c1nnnn1C1CCCCC1)N1CCN(c2cccc(OC)c2)CC1. The molecule has 0 amide bonds. The van der Waals surface area contributed by atoms with Gasteiger partial charge in [0.1, 0.15) is 5.75 Å². The first-order valence-electron chi connectivity index (χ1n) is 11.2. The number of rotatable bonds is 7. The van der Waals surface area contributed by atoms with Crippen LogP contribution in [0.3, 0.4) is 0 Å². The Balaban J connectivity index is 1.46. The van der Waals surface area contributed by atoms with E-state index in [1.165, 1.54) is 37.8 Å². The smallest absolute Gasteiger partial charge is 0.168 e. The Morgan fingerprint density at radius 2 is 1.90 bits per heavy atom. The van der Waals surface area contributed by atoms with Gasteiger partial charge in [-0.05, 0) is 41.8 Å². The highest BCUT2D eigenvalue weighted by atomic mass is 16.5. The number of ether oxygens (including phenoxy) is 1. The van der Waals surface area contributed by atoms with Gasteiger partial charge in [-0.25, -0.2) is 4.68 Å². The lowest BCUT2D eigenvalue weighted by molar-refractivity contribution is 0.158. The third-order valence-corrected chi connectivity index (χ3v) is 6.47. The topological polar surface area (TPSA) is 59.3 Å². The molecule has 0 spiro atoms. The number of benzene rings is 1. The second kappa shape index (κ2) is 9.57. The van der Waals surface area contributed by atoms with Crippen molar-refractivity contribution in [1.29, 1.82) is 0 Å². The molecule has 1 aliphatic heterocycles. The number of nitrogens with zero attached hydrogens (tertiary/aromatic N) is 6. The van der Waals surface area contributed by atoms with Crippen molar-refractivity contribution in [3.63, 3.8) is 0 Å². The van der Waals surface area contributed by atoms with Crippen molar-refractivity contribution < 1.29 is 4.74 Å². The number of piperazine rings is 1. The van der Waals surface area contributed by atoms with Crippen molar-refractivity contribution in [2.24, 2.45) is 0 Å². The summed E-state index contributed by atoms with van der Waals surface area (Å²) in [6, 6.07) is 9.16. The summed E-state index contributed by atoms with van der Waals surface area (Å²) in [6.45, 7) is 6.34. The quantitative estimate of drug-likeness (QED) is 0.706. The zero-order valence-corrected chi connectivity index (χ0v) is 17.8. The summed E-state index contributed by atoms with van der Waals surface area (Å²) in [4.78, 5) is 5.04. The van der Waals surface area contributed by atoms with E-state index >= 15 is 0 Å². The van der Waals surface area contributed by atoms with Gasteiger partial charge in [0.2, 0.25) is 0 Å². The molecule has 0 radical (unpaired) electrons. The average molecular weight is 399 g/mol. The number of hydrogen-bond acceptors (Lipinski definition) is 6. The predicted octanol–water partition coefficient (Wildman–Crippen LogP) is 3.85. The van der Waals surface area contributed by atoms with Crippen molar-refractivity contribution in [3.8, 4) is 5.75 Å². The number of aromatic nitrogens is 4. The van der Waals surface area contributed by atoms with E-state index in [2.05, 4.69) is 55.1 Å². The second-order valence-corrected chi connectivity index (χ2v) is 8.30. The van der Waals surface area contributed by atoms with Gasteiger partial charge in [-0.15, -0.1) is 5.10 Å². The maximum atomic E-state index is 5.39. The summed E-state index contributed by atoms with van der Waals surface area (Å²) in [6.07, 6.45) is 8.59. The van der Waals surface area contributed by atoms with Gasteiger partial charge in [0.05, 0.1) is 19.2 Å². The third-order valence-electron chi connectivity index (χ3n) is 6.47. The Hall–Kier alpha value is -2.15. The van der Waals surface area contributed by atoms with Crippen LogP contribution in [0.25, 0.3) is 0 Å². The molecular formula is C22H34N6O. The molecule has 1 saturated heterocycles. The Bertz CT molecular complexity index is 764. The van der Waals surface area contributed by atoms with Crippen molar-refractivity contribution in [1.82, 2.24) is 25.1 Å². The van der Waals surface area contributed by atoms with Crippen molar-refractivity contribution in [2.45, 2.75) is 64.0 Å². The summed E-state index contributed by atoms with van der Waals surface area (Å²) in [7, 11) is 1.73. The van der Waals surface area contributed by atoms with Crippen LogP contribution in [0.5, 0.6) is 5.75 Å². The van der Waals surface area contributed by atoms with Gasteiger partial charge in [-0.2, -0.15) is 0 Å². The molecule has 2 aromatic rings. The van der Waals surface area contributed by atoms with Gasteiger partial charge in [0.15, 0.2) is 5.82 Å². The van der Waals surface area contributed by atoms with Gasteiger partial charge >= 0.3 is 0 Å². The monoisotopic (exact) mass is 398 g/mol. The normalized spacial score (nSPS) is 20.0. The van der Waals surface area contributed by atoms with Crippen LogP contribution in [0.4, 0.5) is 5.69 Å². The fourth-order valence-electron chi connectivity index (χ4n) is 4.85. The van der Waals surface area contributed by atoms with E-state index in [0.717, 1.165) is 50.6 Å². The average Bonchev–Trinajstić information content (AvgIpc) is 3.28. The fourth-order valence-corrected chi connectivity index (χ4v) is 4.85. The van der Waals surface area contributed by atoms with E-state index in [9.17, 15) is 0 Å². The minimum absolute atomic E-state index is 0.310. The molecule has 4 rings (SSSR count). The molecule has 2 heterocycles. The molecular weight excluding hydrogens is 364 g/mol. The maximum absolute atomic E-state index is 5.39. The molecule has 158 valence electrons. The number of methoxy groups -OCH3 is 1. The summed E-state index contributed by atoms with van der Waals surface area (Å²) >= 11 is 0. The lowest BCUT2D eigenvalue weighted by Crippen LogP contribution is -2.48. The Kier molecular flexibility index (Phi) is 6.64. The molecule has 2 fully saturated rings. The van der Waals surface area contributed by atoms with Crippen LogP contribution in [0, 0.1) is 0 Å². The molecule has 0 N–H and O–H groups in total. The highest BCUT2D eigenvalue weighted by molar-refractivity contribution is 5.51. The molecule has 1 atom stereocenters. The summed E-state index contributed by atoms with van der Waals surface area (Å²) in [5.41, 5.74) is 1.24. The first kappa shape index (κ1) is 20.1. The van der Waals surface area contributed by atoms with E-state index in [-0.39, 0.29) is 0 Å². The number of hydrogen-bond donors (Lipinski definition) is 0. The molecule has 1 aliphatic carbocycles. The standard InChI is InChI=1S/C22H34N6O/c1-3-8-21(22-23-24-25-28(22)18-9-5-4-6-10-18)27-15-13-26(14-16-27)19-11-7-12-20(17-19)29-2/h7,11-12,17-18,21H,3-6,8-10,13-16H2,1-2H3/t21-/m1/s1. The zero-order valence-electron chi connectivity index (χ0n) is 17.8. The van der Waals surface area contributed by atoms with E-state index < -0.39 is 0 Å². The minimum Gasteiger partial charge on any atom is -0.497 e. The number of anilines is 1. The van der Waals surface area contributed by atoms with Gasteiger partial charge in [0.25, 0.3) is 0 Å². The van der Waals surface area contributed by atoms with Crippen LogP contribution in [0.1, 0.15) is 69.8 Å². The van der Waals surface area contributed by atoms with Crippen LogP contribution >= 0.6 is 0 Å². The fraction of sp³-hybridized carbons (Fsp3) is 0.682. The highest BCUT2D eigenvalue weighted by Crippen LogP contribution is 2.33. The molecule has 1 aromatic carbocycles. The van der Waals surface area contributed by atoms with Crippen LogP contribution in [-0.4, -0.2) is 58.4 Å². The molecule has 2 aliphatic rings. The molecule has 7 nitrogen and oxygen atoms in total. The number of tetrazole rings is 1. The van der Waals surface area contributed by atoms with Gasteiger partial charge in [0, 0.05) is 37.9 Å². The lowest BCUT2D eigenvalue weighted by Gasteiger charge is -2.40. The summed E-state index contributed by atoms with van der Waals surface area (Å²) in [5.74, 6) is 1.99. The molecule has 0 bridgehead atoms. The summed E-state index contributed by atoms with van der Waals surface area (Å²) in [5, 5.41) is 13.0. The minimum atomic E-state index is 0.310. The highest BCUT2D eigenvalue weighted by Gasteiger charge is 2.31. The van der Waals surface area contributed by atoms with E-state index in [1.54, 1.807) is 7.11 Å². The molecule has 7 heteroatoms. The largest absolute Gasteiger partial charge is 0.497 e. The van der Waals surface area contributed by atoms with E-state index in [1.807, 2.05) is 6.07 Å². The Labute approximate surface area is 174 Å². The van der Waals surface area contributed by atoms with Crippen LogP contribution < -0.4 is 9.64 Å². The molecule has 29 heavy (non-hydrogen) atoms. The molecule has 0 unspecified atom stereocenters. The van der Waals surface area contributed by atoms with Crippen molar-refractivity contribution in [2.75, 3.05) is 38.2 Å². The zero-order chi connectivity index (χ0) is 20.1.